The minimum atomic E-state index is -3.58. The fourth-order valence-electron chi connectivity index (χ4n) is 2.39. The molecule has 0 aromatic carbocycles. The van der Waals surface area contributed by atoms with Crippen molar-refractivity contribution in [1.82, 2.24) is 14.5 Å². The zero-order valence-corrected chi connectivity index (χ0v) is 12.8. The van der Waals surface area contributed by atoms with Crippen molar-refractivity contribution in [2.24, 2.45) is 5.92 Å². The molecule has 0 bridgehead atoms. The summed E-state index contributed by atoms with van der Waals surface area (Å²) in [4.78, 5) is 11.1. The topological polar surface area (TPSA) is 103 Å². The Kier molecular flexibility index (Phi) is 5.17. The lowest BCUT2D eigenvalue weighted by Gasteiger charge is -2.29. The third-order valence-electron chi connectivity index (χ3n) is 3.46. The number of nitrogens with zero attached hydrogens (tertiary/aromatic N) is 2. The summed E-state index contributed by atoms with van der Waals surface area (Å²) in [6.07, 6.45) is 0.703. The number of halogens is 1. The van der Waals surface area contributed by atoms with Crippen LogP contribution in [0.3, 0.4) is 0 Å². The van der Waals surface area contributed by atoms with Gasteiger partial charge in [-0.15, -0.1) is 0 Å². The van der Waals surface area contributed by atoms with E-state index in [4.69, 9.17) is 5.11 Å². The van der Waals surface area contributed by atoms with Gasteiger partial charge in [-0.2, -0.15) is 9.40 Å². The van der Waals surface area contributed by atoms with Crippen molar-refractivity contribution in [2.75, 3.05) is 13.1 Å². The molecule has 1 aromatic heterocycles. The molecule has 0 aliphatic carbocycles. The molecule has 0 radical (unpaired) electrons. The van der Waals surface area contributed by atoms with E-state index in [0.29, 0.717) is 24.2 Å². The predicted molar refractivity (Wildman–Crippen MR) is 67.2 cm³/mol. The van der Waals surface area contributed by atoms with Crippen LogP contribution < -0.4 is 12.4 Å². The first-order valence-corrected chi connectivity index (χ1v) is 7.52. The highest BCUT2D eigenvalue weighted by Gasteiger charge is 2.34. The summed E-state index contributed by atoms with van der Waals surface area (Å²) in [5.74, 6) is -1.30. The minimum Gasteiger partial charge on any atom is -1.00 e. The zero-order valence-electron chi connectivity index (χ0n) is 11.3. The monoisotopic (exact) mass is 322 g/mol. The van der Waals surface area contributed by atoms with E-state index in [0.717, 1.165) is 0 Å². The number of aromatic nitrogens is 2. The lowest BCUT2D eigenvalue weighted by atomic mass is 9.99. The van der Waals surface area contributed by atoms with Gasteiger partial charge in [0.2, 0.25) is 10.0 Å². The summed E-state index contributed by atoms with van der Waals surface area (Å²) in [6.45, 7) is 3.78. The van der Waals surface area contributed by atoms with Crippen molar-refractivity contribution >= 4 is 16.0 Å². The number of carboxylic acids is 1. The molecule has 0 amide bonds. The highest BCUT2D eigenvalue weighted by Crippen LogP contribution is 2.26. The summed E-state index contributed by atoms with van der Waals surface area (Å²) < 4.78 is 26.3. The Morgan fingerprint density at radius 1 is 1.35 bits per heavy atom. The van der Waals surface area contributed by atoms with Crippen molar-refractivity contribution in [3.8, 4) is 0 Å². The van der Waals surface area contributed by atoms with E-state index in [1.54, 1.807) is 13.8 Å². The number of carboxylic acid groups (broad SMARTS) is 1. The van der Waals surface area contributed by atoms with E-state index < -0.39 is 21.9 Å². The van der Waals surface area contributed by atoms with Crippen LogP contribution in [0.25, 0.3) is 0 Å². The molecule has 1 aliphatic heterocycles. The van der Waals surface area contributed by atoms with Crippen LogP contribution in [-0.2, 0) is 14.8 Å². The molecule has 1 saturated heterocycles. The van der Waals surface area contributed by atoms with Gasteiger partial charge in [-0.3, -0.25) is 9.89 Å². The van der Waals surface area contributed by atoms with Gasteiger partial charge < -0.3 is 17.5 Å². The quantitative estimate of drug-likeness (QED) is 0.641. The van der Waals surface area contributed by atoms with Gasteiger partial charge in [0.05, 0.1) is 17.3 Å². The number of piperidine rings is 1. The second-order valence-electron chi connectivity index (χ2n) is 4.78. The number of H-pyrrole nitrogens is 1. The fraction of sp³-hybridized carbons (Fsp3) is 0.636. The molecule has 0 unspecified atom stereocenters. The van der Waals surface area contributed by atoms with Gasteiger partial charge in [0.15, 0.2) is 0 Å². The molecule has 0 saturated carbocycles. The van der Waals surface area contributed by atoms with Crippen LogP contribution in [0.2, 0.25) is 0 Å². The normalized spacial score (nSPS) is 17.7. The molecule has 20 heavy (non-hydrogen) atoms. The number of rotatable bonds is 3. The highest BCUT2D eigenvalue weighted by atomic mass is 35.5. The SMILES string of the molecule is Cc1n[nH]c(C)c1S(=O)(=O)N1CCC(C(=O)O)CC1.[Cl-]. The molecule has 0 atom stereocenters. The second kappa shape index (κ2) is 6.11. The number of sulfonamides is 1. The average molecular weight is 323 g/mol. The number of aliphatic carboxylic acids is 1. The van der Waals surface area contributed by atoms with Crippen LogP contribution in [0.4, 0.5) is 0 Å². The molecule has 7 nitrogen and oxygen atoms in total. The number of aryl methyl sites for hydroxylation is 2. The summed E-state index contributed by atoms with van der Waals surface area (Å²) in [5.41, 5.74) is 0.954. The average Bonchev–Trinajstić information content (AvgIpc) is 2.69. The number of hydrogen-bond donors (Lipinski definition) is 2. The van der Waals surface area contributed by atoms with Crippen molar-refractivity contribution in [3.05, 3.63) is 11.4 Å². The maximum absolute atomic E-state index is 12.5. The van der Waals surface area contributed by atoms with Crippen molar-refractivity contribution in [3.63, 3.8) is 0 Å². The van der Waals surface area contributed by atoms with E-state index in [-0.39, 0.29) is 30.4 Å². The molecule has 1 aromatic rings. The van der Waals surface area contributed by atoms with Gasteiger partial charge in [0, 0.05) is 13.1 Å². The number of nitrogens with one attached hydrogen (secondary N) is 1. The summed E-state index contributed by atoms with van der Waals surface area (Å²) in [7, 11) is -3.58. The zero-order chi connectivity index (χ0) is 14.2. The maximum Gasteiger partial charge on any atom is 0.306 e. The van der Waals surface area contributed by atoms with Gasteiger partial charge >= 0.3 is 5.97 Å². The largest absolute Gasteiger partial charge is 1.00 e. The molecular weight excluding hydrogens is 306 g/mol. The third kappa shape index (κ3) is 2.97. The summed E-state index contributed by atoms with van der Waals surface area (Å²) >= 11 is 0. The first kappa shape index (κ1) is 16.9. The lowest BCUT2D eigenvalue weighted by Crippen LogP contribution is -3.00. The Hall–Kier alpha value is -1.12. The van der Waals surface area contributed by atoms with E-state index in [1.807, 2.05) is 0 Å². The minimum absolute atomic E-state index is 0. The number of hydrogen-bond acceptors (Lipinski definition) is 4. The molecule has 9 heteroatoms. The van der Waals surface area contributed by atoms with Crippen LogP contribution >= 0.6 is 0 Å². The van der Waals surface area contributed by atoms with E-state index in [9.17, 15) is 13.2 Å². The van der Waals surface area contributed by atoms with Crippen LogP contribution in [0.5, 0.6) is 0 Å². The first-order valence-electron chi connectivity index (χ1n) is 6.08. The molecule has 1 aliphatic rings. The maximum atomic E-state index is 12.5. The van der Waals surface area contributed by atoms with Crippen molar-refractivity contribution < 1.29 is 30.7 Å². The van der Waals surface area contributed by atoms with Crippen LogP contribution in [0, 0.1) is 19.8 Å². The molecule has 2 N–H and O–H groups in total. The molecule has 2 heterocycles. The van der Waals surface area contributed by atoms with Gasteiger partial charge in [-0.05, 0) is 26.7 Å². The van der Waals surface area contributed by atoms with Gasteiger partial charge in [0.1, 0.15) is 4.90 Å². The van der Waals surface area contributed by atoms with Crippen molar-refractivity contribution in [1.29, 1.82) is 0 Å². The smallest absolute Gasteiger partial charge is 0.306 e. The molecule has 2 rings (SSSR count). The fourth-order valence-corrected chi connectivity index (χ4v) is 4.19. The summed E-state index contributed by atoms with van der Waals surface area (Å²) in [6, 6.07) is 0. The van der Waals surface area contributed by atoms with Gasteiger partial charge in [-0.25, -0.2) is 8.42 Å². The Bertz CT molecular complexity index is 571. The molecule has 0 spiro atoms. The Balaban J connectivity index is 0.00000200. The Morgan fingerprint density at radius 2 is 1.90 bits per heavy atom. The molecular formula is C11H17ClN3O4S-. The van der Waals surface area contributed by atoms with Crippen LogP contribution in [0.1, 0.15) is 24.2 Å². The Labute approximate surface area is 123 Å². The van der Waals surface area contributed by atoms with E-state index >= 15 is 0 Å². The third-order valence-corrected chi connectivity index (χ3v) is 5.62. The van der Waals surface area contributed by atoms with E-state index in [1.165, 1.54) is 4.31 Å². The summed E-state index contributed by atoms with van der Waals surface area (Å²) in [5, 5.41) is 15.5. The predicted octanol–water partition coefficient (Wildman–Crippen LogP) is -2.48. The van der Waals surface area contributed by atoms with Crippen LogP contribution in [-0.4, -0.2) is 47.1 Å². The Morgan fingerprint density at radius 3 is 2.30 bits per heavy atom. The standard InChI is InChI=1S/C11H17N3O4S.ClH/c1-7-10(8(2)13-12-7)19(17,18)14-5-3-9(4-6-14)11(15)16;/h9H,3-6H2,1-2H3,(H,12,13)(H,15,16);1H/p-1. The number of carbonyl (C=O) groups is 1. The lowest BCUT2D eigenvalue weighted by molar-refractivity contribution is -0.142. The highest BCUT2D eigenvalue weighted by molar-refractivity contribution is 7.89. The van der Waals surface area contributed by atoms with Gasteiger partial charge in [0.25, 0.3) is 0 Å². The second-order valence-corrected chi connectivity index (χ2v) is 6.65. The molecule has 114 valence electrons. The number of aromatic amines is 1. The first-order chi connectivity index (χ1) is 8.84. The van der Waals surface area contributed by atoms with Gasteiger partial charge in [-0.1, -0.05) is 0 Å². The van der Waals surface area contributed by atoms with Crippen molar-refractivity contribution in [2.45, 2.75) is 31.6 Å². The molecule has 1 fully saturated rings. The van der Waals surface area contributed by atoms with E-state index in [2.05, 4.69) is 10.2 Å². The van der Waals surface area contributed by atoms with Crippen LogP contribution in [0.15, 0.2) is 4.90 Å².